The van der Waals surface area contributed by atoms with E-state index in [1.54, 1.807) is 0 Å². The van der Waals surface area contributed by atoms with E-state index in [4.69, 9.17) is 5.73 Å². The van der Waals surface area contributed by atoms with Gasteiger partial charge in [0, 0.05) is 38.4 Å². The minimum absolute atomic E-state index is 0.228. The molecule has 2 atom stereocenters. The molecule has 0 fully saturated rings. The van der Waals surface area contributed by atoms with E-state index in [1.807, 2.05) is 30.3 Å². The van der Waals surface area contributed by atoms with Crippen molar-refractivity contribution in [1.82, 2.24) is 10.2 Å². The van der Waals surface area contributed by atoms with Gasteiger partial charge in [0.15, 0.2) is 0 Å². The van der Waals surface area contributed by atoms with Gasteiger partial charge in [-0.1, -0.05) is 36.4 Å². The Balaban J connectivity index is 1.63. The molecular formula is C17H27N3O. The maximum Gasteiger partial charge on any atom is 0.0818 e. The monoisotopic (exact) mass is 289 g/mol. The van der Waals surface area contributed by atoms with Gasteiger partial charge in [-0.3, -0.25) is 0 Å². The topological polar surface area (TPSA) is 61.5 Å². The minimum Gasteiger partial charge on any atom is -0.390 e. The van der Waals surface area contributed by atoms with Gasteiger partial charge in [-0.25, -0.2) is 0 Å². The summed E-state index contributed by atoms with van der Waals surface area (Å²) < 4.78 is 0. The summed E-state index contributed by atoms with van der Waals surface area (Å²) in [5.41, 5.74) is 8.63. The van der Waals surface area contributed by atoms with Crippen LogP contribution in [0.1, 0.15) is 18.4 Å². The maximum atomic E-state index is 10.1. The standard InChI is InChI=1S/C17H27N3O/c1-20-11-5-8-15(20)9-10-19-13-17(21)16(18)12-14-6-3-2-4-7-14/h2-4,6-8,16-17,19,21H,5,9-13,18H2,1H3/t16-,17+/m0/s1. The van der Waals surface area contributed by atoms with E-state index in [9.17, 15) is 5.11 Å². The van der Waals surface area contributed by atoms with Crippen molar-refractivity contribution in [3.05, 3.63) is 47.7 Å². The molecule has 21 heavy (non-hydrogen) atoms. The first-order valence-electron chi connectivity index (χ1n) is 7.75. The highest BCUT2D eigenvalue weighted by Gasteiger charge is 2.15. The predicted octanol–water partition coefficient (Wildman–Crippen LogP) is 1.12. The summed E-state index contributed by atoms with van der Waals surface area (Å²) in [6, 6.07) is 9.84. The van der Waals surface area contributed by atoms with Gasteiger partial charge in [-0.2, -0.15) is 0 Å². The lowest BCUT2D eigenvalue weighted by Crippen LogP contribution is -2.43. The number of rotatable bonds is 8. The SMILES string of the molecule is CN1CCC=C1CCNC[C@@H](O)[C@@H](N)Cc1ccccc1. The first-order chi connectivity index (χ1) is 10.2. The van der Waals surface area contributed by atoms with E-state index in [2.05, 4.69) is 23.3 Å². The zero-order valence-corrected chi connectivity index (χ0v) is 12.8. The van der Waals surface area contributed by atoms with Crippen LogP contribution in [0.15, 0.2) is 42.1 Å². The Morgan fingerprint density at radius 1 is 1.33 bits per heavy atom. The molecule has 0 spiro atoms. The predicted molar refractivity (Wildman–Crippen MR) is 86.9 cm³/mol. The molecule has 1 aliphatic rings. The minimum atomic E-state index is -0.513. The highest BCUT2D eigenvalue weighted by molar-refractivity contribution is 5.16. The smallest absolute Gasteiger partial charge is 0.0818 e. The molecule has 0 saturated heterocycles. The molecule has 4 N–H and O–H groups in total. The van der Waals surface area contributed by atoms with Crippen molar-refractivity contribution in [1.29, 1.82) is 0 Å². The summed E-state index contributed by atoms with van der Waals surface area (Å²) in [7, 11) is 2.13. The first kappa shape index (κ1) is 16.0. The Labute approximate surface area is 127 Å². The highest BCUT2D eigenvalue weighted by atomic mass is 16.3. The second-order valence-electron chi connectivity index (χ2n) is 5.78. The largest absolute Gasteiger partial charge is 0.390 e. The molecule has 1 aliphatic heterocycles. The third-order valence-corrected chi connectivity index (χ3v) is 4.05. The molecule has 1 aromatic carbocycles. The molecule has 4 heteroatoms. The van der Waals surface area contributed by atoms with Crippen LogP contribution in [0.5, 0.6) is 0 Å². The van der Waals surface area contributed by atoms with Crippen LogP contribution in [0, 0.1) is 0 Å². The van der Waals surface area contributed by atoms with Crippen molar-refractivity contribution < 1.29 is 5.11 Å². The maximum absolute atomic E-state index is 10.1. The Morgan fingerprint density at radius 2 is 2.10 bits per heavy atom. The molecule has 0 radical (unpaired) electrons. The zero-order chi connectivity index (χ0) is 15.1. The summed E-state index contributed by atoms with van der Waals surface area (Å²) in [6.45, 7) is 2.55. The fourth-order valence-electron chi connectivity index (χ4n) is 2.66. The summed E-state index contributed by atoms with van der Waals surface area (Å²) in [5, 5.41) is 13.4. The Kier molecular flexibility index (Phi) is 6.23. The van der Waals surface area contributed by atoms with Crippen LogP contribution in [0.3, 0.4) is 0 Å². The molecule has 0 amide bonds. The third kappa shape index (κ3) is 5.16. The van der Waals surface area contributed by atoms with Crippen molar-refractivity contribution in [2.45, 2.75) is 31.4 Å². The first-order valence-corrected chi connectivity index (χ1v) is 7.75. The molecule has 0 saturated carbocycles. The van der Waals surface area contributed by atoms with E-state index in [1.165, 1.54) is 11.3 Å². The fraction of sp³-hybridized carbons (Fsp3) is 0.529. The molecule has 4 nitrogen and oxygen atoms in total. The molecule has 1 aromatic rings. The van der Waals surface area contributed by atoms with E-state index >= 15 is 0 Å². The molecule has 0 aliphatic carbocycles. The fourth-order valence-corrected chi connectivity index (χ4v) is 2.66. The van der Waals surface area contributed by atoms with E-state index in [0.29, 0.717) is 13.0 Å². The van der Waals surface area contributed by atoms with Crippen LogP contribution in [-0.2, 0) is 6.42 Å². The van der Waals surface area contributed by atoms with Gasteiger partial charge >= 0.3 is 0 Å². The summed E-state index contributed by atoms with van der Waals surface area (Å²) in [6.07, 6.45) is 4.64. The van der Waals surface area contributed by atoms with E-state index < -0.39 is 6.10 Å². The number of hydrogen-bond acceptors (Lipinski definition) is 4. The Morgan fingerprint density at radius 3 is 2.76 bits per heavy atom. The Hall–Kier alpha value is -1.36. The average Bonchev–Trinajstić information content (AvgIpc) is 2.90. The number of nitrogens with one attached hydrogen (secondary N) is 1. The van der Waals surface area contributed by atoms with Crippen LogP contribution in [0.4, 0.5) is 0 Å². The summed E-state index contributed by atoms with van der Waals surface area (Å²) in [5.74, 6) is 0. The lowest BCUT2D eigenvalue weighted by atomic mass is 10.0. The van der Waals surface area contributed by atoms with Gasteiger partial charge in [-0.15, -0.1) is 0 Å². The van der Waals surface area contributed by atoms with Crippen LogP contribution < -0.4 is 11.1 Å². The number of benzene rings is 1. The van der Waals surface area contributed by atoms with Crippen molar-refractivity contribution >= 4 is 0 Å². The number of aliphatic hydroxyl groups excluding tert-OH is 1. The average molecular weight is 289 g/mol. The van der Waals surface area contributed by atoms with Crippen LogP contribution >= 0.6 is 0 Å². The quantitative estimate of drug-likeness (QED) is 0.628. The van der Waals surface area contributed by atoms with Crippen molar-refractivity contribution in [3.8, 4) is 0 Å². The molecule has 2 rings (SSSR count). The number of hydrogen-bond donors (Lipinski definition) is 3. The van der Waals surface area contributed by atoms with Gasteiger partial charge in [0.1, 0.15) is 0 Å². The van der Waals surface area contributed by atoms with Crippen molar-refractivity contribution in [3.63, 3.8) is 0 Å². The summed E-state index contributed by atoms with van der Waals surface area (Å²) >= 11 is 0. The number of aliphatic hydroxyl groups is 1. The molecule has 0 aromatic heterocycles. The van der Waals surface area contributed by atoms with Crippen LogP contribution in [0.2, 0.25) is 0 Å². The second kappa shape index (κ2) is 8.17. The lowest BCUT2D eigenvalue weighted by molar-refractivity contribution is 0.142. The Bertz CT molecular complexity index is 447. The molecular weight excluding hydrogens is 262 g/mol. The van der Waals surface area contributed by atoms with Crippen molar-refractivity contribution in [2.24, 2.45) is 5.73 Å². The van der Waals surface area contributed by atoms with Gasteiger partial charge in [0.25, 0.3) is 0 Å². The molecule has 116 valence electrons. The van der Waals surface area contributed by atoms with Gasteiger partial charge < -0.3 is 21.1 Å². The van der Waals surface area contributed by atoms with Crippen molar-refractivity contribution in [2.75, 3.05) is 26.7 Å². The molecule has 0 bridgehead atoms. The van der Waals surface area contributed by atoms with E-state index in [-0.39, 0.29) is 6.04 Å². The number of nitrogens with two attached hydrogens (primary N) is 1. The van der Waals surface area contributed by atoms with Crippen LogP contribution in [-0.4, -0.2) is 48.8 Å². The zero-order valence-electron chi connectivity index (χ0n) is 12.8. The second-order valence-corrected chi connectivity index (χ2v) is 5.78. The third-order valence-electron chi connectivity index (χ3n) is 4.05. The highest BCUT2D eigenvalue weighted by Crippen LogP contribution is 2.14. The summed E-state index contributed by atoms with van der Waals surface area (Å²) in [4.78, 5) is 2.29. The normalized spacial score (nSPS) is 17.7. The van der Waals surface area contributed by atoms with Gasteiger partial charge in [0.05, 0.1) is 6.10 Å². The van der Waals surface area contributed by atoms with Gasteiger partial charge in [0.2, 0.25) is 0 Å². The molecule has 0 unspecified atom stereocenters. The number of nitrogens with zero attached hydrogens (tertiary/aromatic N) is 1. The van der Waals surface area contributed by atoms with Gasteiger partial charge in [-0.05, 0) is 24.8 Å². The van der Waals surface area contributed by atoms with Crippen LogP contribution in [0.25, 0.3) is 0 Å². The lowest BCUT2D eigenvalue weighted by Gasteiger charge is -2.20. The molecule has 1 heterocycles. The van der Waals surface area contributed by atoms with E-state index in [0.717, 1.165) is 25.9 Å².